The molecule has 6 nitrogen and oxygen atoms in total. The van der Waals surface area contributed by atoms with Crippen LogP contribution in [0.2, 0.25) is 0 Å². The highest BCUT2D eigenvalue weighted by molar-refractivity contribution is 9.10. The number of pyridine rings is 1. The molecule has 1 heterocycles. The molecule has 0 atom stereocenters. The summed E-state index contributed by atoms with van der Waals surface area (Å²) in [5, 5.41) is 10.8. The lowest BCUT2D eigenvalue weighted by molar-refractivity contribution is -0.385. The molecule has 2 N–H and O–H groups in total. The van der Waals surface area contributed by atoms with Crippen molar-refractivity contribution in [1.29, 1.82) is 0 Å². The molecule has 1 aromatic carbocycles. The Labute approximate surface area is 123 Å². The van der Waals surface area contributed by atoms with Gasteiger partial charge >= 0.3 is 0 Å². The molecule has 0 saturated carbocycles. The number of nitrogens with zero attached hydrogens (tertiary/aromatic N) is 2. The molecular weight excluding hydrogens is 326 g/mol. The Bertz CT molecular complexity index is 644. The van der Waals surface area contributed by atoms with Crippen molar-refractivity contribution in [3.05, 3.63) is 56.2 Å². The minimum atomic E-state index is -0.479. The van der Waals surface area contributed by atoms with Gasteiger partial charge in [0.25, 0.3) is 5.69 Å². The predicted octanol–water partition coefficient (Wildman–Crippen LogP) is 3.31. The number of hydrogen-bond donors (Lipinski definition) is 1. The van der Waals surface area contributed by atoms with E-state index in [-0.39, 0.29) is 11.6 Å². The van der Waals surface area contributed by atoms with Crippen LogP contribution in [0.5, 0.6) is 11.6 Å². The fourth-order valence-electron chi connectivity index (χ4n) is 1.61. The van der Waals surface area contributed by atoms with Gasteiger partial charge in [-0.25, -0.2) is 4.98 Å². The number of ether oxygens (including phenoxy) is 1. The van der Waals surface area contributed by atoms with Crippen LogP contribution in [0.25, 0.3) is 0 Å². The van der Waals surface area contributed by atoms with E-state index in [0.717, 1.165) is 5.56 Å². The highest BCUT2D eigenvalue weighted by Crippen LogP contribution is 2.34. The maximum atomic E-state index is 10.8. The Morgan fingerprint density at radius 3 is 2.60 bits per heavy atom. The van der Waals surface area contributed by atoms with Gasteiger partial charge in [0.05, 0.1) is 9.40 Å². The summed E-state index contributed by atoms with van der Waals surface area (Å²) in [6.45, 7) is 2.09. The topological polar surface area (TPSA) is 91.3 Å². The molecule has 0 bridgehead atoms. The Morgan fingerprint density at radius 2 is 2.05 bits per heavy atom. The minimum absolute atomic E-state index is 0.0531. The zero-order valence-corrected chi connectivity index (χ0v) is 12.3. The average Bonchev–Trinajstić information content (AvgIpc) is 2.44. The normalized spacial score (nSPS) is 10.3. The lowest BCUT2D eigenvalue weighted by Gasteiger charge is -2.09. The van der Waals surface area contributed by atoms with Crippen LogP contribution in [-0.2, 0) is 6.54 Å². The van der Waals surface area contributed by atoms with Crippen LogP contribution in [0.15, 0.2) is 34.9 Å². The van der Waals surface area contributed by atoms with Crippen molar-refractivity contribution in [2.75, 3.05) is 0 Å². The van der Waals surface area contributed by atoms with E-state index >= 15 is 0 Å². The molecule has 7 heteroatoms. The van der Waals surface area contributed by atoms with Crippen LogP contribution in [0, 0.1) is 17.0 Å². The van der Waals surface area contributed by atoms with E-state index in [1.54, 1.807) is 19.1 Å². The first-order valence-corrected chi connectivity index (χ1v) is 6.58. The second-order valence-corrected chi connectivity index (χ2v) is 4.89. The van der Waals surface area contributed by atoms with Gasteiger partial charge in [-0.2, -0.15) is 0 Å². The molecule has 0 unspecified atom stereocenters. The molecule has 0 spiro atoms. The second-order valence-electron chi connectivity index (χ2n) is 4.09. The van der Waals surface area contributed by atoms with Gasteiger partial charge in [0.1, 0.15) is 11.9 Å². The van der Waals surface area contributed by atoms with E-state index in [2.05, 4.69) is 20.9 Å². The molecular formula is C13H12BrN3O3. The molecule has 0 radical (unpaired) electrons. The highest BCUT2D eigenvalue weighted by atomic mass is 79.9. The van der Waals surface area contributed by atoms with Crippen LogP contribution in [0.3, 0.4) is 0 Å². The summed E-state index contributed by atoms with van der Waals surface area (Å²) in [7, 11) is 0. The van der Waals surface area contributed by atoms with E-state index in [0.29, 0.717) is 22.3 Å². The summed E-state index contributed by atoms with van der Waals surface area (Å²) in [5.74, 6) is 0.872. The molecule has 2 rings (SSSR count). The monoisotopic (exact) mass is 337 g/mol. The number of aromatic nitrogens is 1. The third-order valence-electron chi connectivity index (χ3n) is 2.78. The maximum absolute atomic E-state index is 10.8. The van der Waals surface area contributed by atoms with Crippen molar-refractivity contribution in [3.8, 4) is 11.6 Å². The average molecular weight is 338 g/mol. The van der Waals surface area contributed by atoms with Crippen molar-refractivity contribution >= 4 is 21.6 Å². The summed E-state index contributed by atoms with van der Waals surface area (Å²) in [5.41, 5.74) is 6.92. The van der Waals surface area contributed by atoms with Crippen LogP contribution < -0.4 is 10.5 Å². The van der Waals surface area contributed by atoms with Crippen molar-refractivity contribution in [3.63, 3.8) is 0 Å². The van der Waals surface area contributed by atoms with Gasteiger partial charge in [0, 0.05) is 12.1 Å². The smallest absolute Gasteiger partial charge is 0.291 e. The van der Waals surface area contributed by atoms with Crippen LogP contribution in [-0.4, -0.2) is 9.91 Å². The van der Waals surface area contributed by atoms with Crippen LogP contribution in [0.1, 0.15) is 11.1 Å². The predicted molar refractivity (Wildman–Crippen MR) is 77.7 cm³/mol. The van der Waals surface area contributed by atoms with Gasteiger partial charge in [-0.05, 0) is 40.5 Å². The van der Waals surface area contributed by atoms with Gasteiger partial charge < -0.3 is 10.5 Å². The summed E-state index contributed by atoms with van der Waals surface area (Å²) in [4.78, 5) is 14.3. The van der Waals surface area contributed by atoms with Gasteiger partial charge in [-0.1, -0.05) is 12.1 Å². The second kappa shape index (κ2) is 5.98. The molecule has 0 aliphatic heterocycles. The zero-order valence-electron chi connectivity index (χ0n) is 10.7. The SMILES string of the molecule is Cc1c([N+](=O)[O-])cnc(Oc2ccc(CN)cc2)c1Br. The van der Waals surface area contributed by atoms with E-state index in [1.807, 2.05) is 12.1 Å². The molecule has 1 aromatic heterocycles. The Balaban J connectivity index is 2.29. The Morgan fingerprint density at radius 1 is 1.40 bits per heavy atom. The van der Waals surface area contributed by atoms with Gasteiger partial charge in [-0.15, -0.1) is 0 Å². The van der Waals surface area contributed by atoms with Gasteiger partial charge in [0.2, 0.25) is 5.88 Å². The number of rotatable bonds is 4. The van der Waals surface area contributed by atoms with Crippen molar-refractivity contribution < 1.29 is 9.66 Å². The number of nitrogens with two attached hydrogens (primary N) is 1. The maximum Gasteiger partial charge on any atom is 0.291 e. The third-order valence-corrected chi connectivity index (χ3v) is 3.71. The highest BCUT2D eigenvalue weighted by Gasteiger charge is 2.18. The number of hydrogen-bond acceptors (Lipinski definition) is 5. The minimum Gasteiger partial charge on any atom is -0.438 e. The molecule has 0 aliphatic rings. The lowest BCUT2D eigenvalue weighted by atomic mass is 10.2. The summed E-state index contributed by atoms with van der Waals surface area (Å²) >= 11 is 3.27. The largest absolute Gasteiger partial charge is 0.438 e. The van der Waals surface area contributed by atoms with E-state index in [4.69, 9.17) is 10.5 Å². The number of benzene rings is 1. The van der Waals surface area contributed by atoms with E-state index in [9.17, 15) is 10.1 Å². The third kappa shape index (κ3) is 2.94. The molecule has 104 valence electrons. The van der Waals surface area contributed by atoms with Crippen LogP contribution >= 0.6 is 15.9 Å². The molecule has 0 fully saturated rings. The first kappa shape index (κ1) is 14.4. The Kier molecular flexibility index (Phi) is 4.31. The first-order chi connectivity index (χ1) is 9.52. The summed E-state index contributed by atoms with van der Waals surface area (Å²) < 4.78 is 6.07. The fourth-order valence-corrected chi connectivity index (χ4v) is 1.99. The number of halogens is 1. The van der Waals surface area contributed by atoms with Crippen molar-refractivity contribution in [2.45, 2.75) is 13.5 Å². The van der Waals surface area contributed by atoms with Crippen molar-refractivity contribution in [2.24, 2.45) is 5.73 Å². The molecule has 0 saturated heterocycles. The Hall–Kier alpha value is -1.99. The fraction of sp³-hybridized carbons (Fsp3) is 0.154. The molecule has 20 heavy (non-hydrogen) atoms. The molecule has 0 amide bonds. The lowest BCUT2D eigenvalue weighted by Crippen LogP contribution is -1.98. The van der Waals surface area contributed by atoms with Crippen LogP contribution in [0.4, 0.5) is 5.69 Å². The van der Waals surface area contributed by atoms with Crippen molar-refractivity contribution in [1.82, 2.24) is 4.98 Å². The van der Waals surface area contributed by atoms with Gasteiger partial charge in [0.15, 0.2) is 0 Å². The molecule has 2 aromatic rings. The first-order valence-electron chi connectivity index (χ1n) is 5.79. The summed E-state index contributed by atoms with van der Waals surface area (Å²) in [6, 6.07) is 7.24. The zero-order chi connectivity index (χ0) is 14.7. The van der Waals surface area contributed by atoms with Gasteiger partial charge in [-0.3, -0.25) is 10.1 Å². The molecule has 0 aliphatic carbocycles. The van der Waals surface area contributed by atoms with E-state index < -0.39 is 4.92 Å². The summed E-state index contributed by atoms with van der Waals surface area (Å²) in [6.07, 6.45) is 1.18. The standard InChI is InChI=1S/C13H12BrN3O3/c1-8-11(17(18)19)7-16-13(12(8)14)20-10-4-2-9(6-15)3-5-10/h2-5,7H,6,15H2,1H3. The quantitative estimate of drug-likeness (QED) is 0.682. The van der Waals surface area contributed by atoms with E-state index in [1.165, 1.54) is 6.20 Å². The number of nitro groups is 1.